The van der Waals surface area contributed by atoms with E-state index in [4.69, 9.17) is 11.6 Å². The normalized spacial score (nSPS) is 11.2. The minimum atomic E-state index is -0.251. The topological polar surface area (TPSA) is 43.1 Å². The van der Waals surface area contributed by atoms with Gasteiger partial charge in [-0.1, -0.05) is 23.7 Å². The van der Waals surface area contributed by atoms with Crippen LogP contribution in [0.15, 0.2) is 24.3 Å². The average Bonchev–Trinajstić information content (AvgIpc) is 2.83. The first-order valence-electron chi connectivity index (χ1n) is 6.17. The van der Waals surface area contributed by atoms with Crippen molar-refractivity contribution in [2.24, 2.45) is 0 Å². The van der Waals surface area contributed by atoms with Crippen LogP contribution >= 0.6 is 11.6 Å². The second-order valence-corrected chi connectivity index (χ2v) is 5.01. The molecule has 0 aliphatic heterocycles. The number of fused-ring (bicyclic) bond motifs is 1. The molecular formula is C14H12ClFN4. The van der Waals surface area contributed by atoms with E-state index in [0.29, 0.717) is 17.2 Å². The molecule has 0 aliphatic carbocycles. The highest BCUT2D eigenvalue weighted by Gasteiger charge is 2.14. The van der Waals surface area contributed by atoms with Crippen LogP contribution in [-0.4, -0.2) is 19.6 Å². The van der Waals surface area contributed by atoms with Crippen LogP contribution in [0, 0.1) is 19.7 Å². The molecule has 3 aromatic rings. The van der Waals surface area contributed by atoms with Crippen molar-refractivity contribution in [3.05, 3.63) is 58.0 Å². The molecule has 3 rings (SSSR count). The van der Waals surface area contributed by atoms with Gasteiger partial charge >= 0.3 is 0 Å². The molecule has 4 nitrogen and oxygen atoms in total. The van der Waals surface area contributed by atoms with Crippen molar-refractivity contribution in [3.63, 3.8) is 0 Å². The maximum absolute atomic E-state index is 12.9. The number of benzene rings is 1. The Labute approximate surface area is 120 Å². The highest BCUT2D eigenvalue weighted by Crippen LogP contribution is 2.19. The summed E-state index contributed by atoms with van der Waals surface area (Å²) in [5.74, 6) is 0.510. The van der Waals surface area contributed by atoms with E-state index in [1.807, 2.05) is 18.2 Å². The van der Waals surface area contributed by atoms with Gasteiger partial charge in [0.1, 0.15) is 11.6 Å². The Hall–Kier alpha value is -2.01. The van der Waals surface area contributed by atoms with Crippen molar-refractivity contribution in [2.45, 2.75) is 20.3 Å². The van der Waals surface area contributed by atoms with Crippen LogP contribution < -0.4 is 0 Å². The lowest BCUT2D eigenvalue weighted by Gasteiger charge is -2.07. The first kappa shape index (κ1) is 13.0. The minimum absolute atomic E-state index is 0.251. The van der Waals surface area contributed by atoms with Gasteiger partial charge in [0.2, 0.25) is 0 Å². The number of rotatable bonds is 2. The molecule has 0 unspecified atom stereocenters. The summed E-state index contributed by atoms with van der Waals surface area (Å²) >= 11 is 6.09. The molecule has 0 atom stereocenters. The molecule has 0 N–H and O–H groups in total. The number of nitrogens with zero attached hydrogens (tertiary/aromatic N) is 4. The Bertz CT molecular complexity index is 780. The summed E-state index contributed by atoms with van der Waals surface area (Å²) in [6.45, 7) is 3.84. The molecule has 0 radical (unpaired) electrons. The Morgan fingerprint density at radius 3 is 2.55 bits per heavy atom. The zero-order valence-corrected chi connectivity index (χ0v) is 11.8. The van der Waals surface area contributed by atoms with E-state index in [2.05, 4.69) is 15.2 Å². The Balaban J connectivity index is 2.10. The van der Waals surface area contributed by atoms with E-state index in [9.17, 15) is 4.39 Å². The Kier molecular flexibility index (Phi) is 3.14. The first-order valence-corrected chi connectivity index (χ1v) is 6.55. The summed E-state index contributed by atoms with van der Waals surface area (Å²) in [5.41, 5.74) is 3.30. The molecule has 0 bridgehead atoms. The predicted molar refractivity (Wildman–Crippen MR) is 74.5 cm³/mol. The molecule has 0 spiro atoms. The van der Waals surface area contributed by atoms with E-state index in [0.717, 1.165) is 22.8 Å². The van der Waals surface area contributed by atoms with Gasteiger partial charge in [-0.3, -0.25) is 4.40 Å². The standard InChI is InChI=1S/C14H12ClFN4/c1-8-9(2)20-12(18-19-14(20)13(15)17-8)7-10-3-5-11(16)6-4-10/h3-6H,7H2,1-2H3. The van der Waals surface area contributed by atoms with Gasteiger partial charge in [-0.05, 0) is 31.5 Å². The fourth-order valence-corrected chi connectivity index (χ4v) is 2.39. The van der Waals surface area contributed by atoms with E-state index in [1.54, 1.807) is 12.1 Å². The van der Waals surface area contributed by atoms with Crippen LogP contribution in [0.4, 0.5) is 4.39 Å². The molecule has 0 aliphatic rings. The van der Waals surface area contributed by atoms with E-state index >= 15 is 0 Å². The Morgan fingerprint density at radius 1 is 1.15 bits per heavy atom. The molecule has 0 amide bonds. The number of aromatic nitrogens is 4. The molecule has 6 heteroatoms. The van der Waals surface area contributed by atoms with Crippen LogP contribution in [0.1, 0.15) is 22.8 Å². The van der Waals surface area contributed by atoms with E-state index < -0.39 is 0 Å². The minimum Gasteiger partial charge on any atom is -0.279 e. The maximum Gasteiger partial charge on any atom is 0.198 e. The largest absolute Gasteiger partial charge is 0.279 e. The van der Waals surface area contributed by atoms with Gasteiger partial charge in [0, 0.05) is 12.1 Å². The number of aryl methyl sites for hydroxylation is 2. The molecule has 1 aromatic carbocycles. The molecular weight excluding hydrogens is 279 g/mol. The highest BCUT2D eigenvalue weighted by molar-refractivity contribution is 6.32. The second-order valence-electron chi connectivity index (χ2n) is 4.65. The zero-order valence-electron chi connectivity index (χ0n) is 11.1. The quantitative estimate of drug-likeness (QED) is 0.728. The fraction of sp³-hybridized carbons (Fsp3) is 0.214. The van der Waals surface area contributed by atoms with Gasteiger partial charge in [-0.2, -0.15) is 0 Å². The number of halogens is 2. The molecule has 102 valence electrons. The zero-order chi connectivity index (χ0) is 14.3. The molecule has 0 saturated carbocycles. The monoisotopic (exact) mass is 290 g/mol. The predicted octanol–water partition coefficient (Wildman–Crippen LogP) is 3.12. The summed E-state index contributed by atoms with van der Waals surface area (Å²) in [5, 5.41) is 8.59. The van der Waals surface area contributed by atoms with Crippen LogP contribution in [0.25, 0.3) is 5.65 Å². The summed E-state index contributed by atoms with van der Waals surface area (Å²) < 4.78 is 14.8. The molecule has 20 heavy (non-hydrogen) atoms. The van der Waals surface area contributed by atoms with Crippen LogP contribution in [-0.2, 0) is 6.42 Å². The van der Waals surface area contributed by atoms with Gasteiger partial charge in [0.15, 0.2) is 10.8 Å². The molecule has 0 saturated heterocycles. The summed E-state index contributed by atoms with van der Waals surface area (Å²) in [4.78, 5) is 4.23. The Morgan fingerprint density at radius 2 is 1.85 bits per heavy atom. The summed E-state index contributed by atoms with van der Waals surface area (Å²) in [7, 11) is 0. The molecule has 0 fully saturated rings. The lowest BCUT2D eigenvalue weighted by molar-refractivity contribution is 0.627. The van der Waals surface area contributed by atoms with Gasteiger partial charge in [-0.25, -0.2) is 9.37 Å². The second kappa shape index (κ2) is 4.83. The van der Waals surface area contributed by atoms with Crippen molar-refractivity contribution in [2.75, 3.05) is 0 Å². The highest BCUT2D eigenvalue weighted by atomic mass is 35.5. The third kappa shape index (κ3) is 2.14. The van der Waals surface area contributed by atoms with Crippen LogP contribution in [0.5, 0.6) is 0 Å². The molecule has 2 aromatic heterocycles. The van der Waals surface area contributed by atoms with Gasteiger partial charge in [0.25, 0.3) is 0 Å². The summed E-state index contributed by atoms with van der Waals surface area (Å²) in [6.07, 6.45) is 0.558. The smallest absolute Gasteiger partial charge is 0.198 e. The van der Waals surface area contributed by atoms with Gasteiger partial charge < -0.3 is 0 Å². The number of hydrogen-bond acceptors (Lipinski definition) is 3. The summed E-state index contributed by atoms with van der Waals surface area (Å²) in [6, 6.07) is 6.35. The van der Waals surface area contributed by atoms with Crippen molar-refractivity contribution < 1.29 is 4.39 Å². The van der Waals surface area contributed by atoms with E-state index in [-0.39, 0.29) is 5.82 Å². The third-order valence-corrected chi connectivity index (χ3v) is 3.57. The van der Waals surface area contributed by atoms with Crippen molar-refractivity contribution >= 4 is 17.2 Å². The van der Waals surface area contributed by atoms with Gasteiger partial charge in [-0.15, -0.1) is 10.2 Å². The van der Waals surface area contributed by atoms with Crippen molar-refractivity contribution in [1.29, 1.82) is 0 Å². The van der Waals surface area contributed by atoms with Crippen molar-refractivity contribution in [3.8, 4) is 0 Å². The lowest BCUT2D eigenvalue weighted by Crippen LogP contribution is -2.04. The molecule has 2 heterocycles. The average molecular weight is 291 g/mol. The fourth-order valence-electron chi connectivity index (χ4n) is 2.14. The number of hydrogen-bond donors (Lipinski definition) is 0. The SMILES string of the molecule is Cc1nc(Cl)c2nnc(Cc3ccc(F)cc3)n2c1C. The first-order chi connectivity index (χ1) is 9.56. The lowest BCUT2D eigenvalue weighted by atomic mass is 10.1. The van der Waals surface area contributed by atoms with E-state index in [1.165, 1.54) is 12.1 Å². The third-order valence-electron chi connectivity index (χ3n) is 3.31. The maximum atomic E-state index is 12.9. The van der Waals surface area contributed by atoms with Crippen LogP contribution in [0.3, 0.4) is 0 Å². The van der Waals surface area contributed by atoms with Gasteiger partial charge in [0.05, 0.1) is 5.69 Å². The van der Waals surface area contributed by atoms with Crippen molar-refractivity contribution in [1.82, 2.24) is 19.6 Å². The van der Waals surface area contributed by atoms with Crippen LogP contribution in [0.2, 0.25) is 5.15 Å².